The zero-order valence-electron chi connectivity index (χ0n) is 34.1. The van der Waals surface area contributed by atoms with Crippen molar-refractivity contribution >= 4 is 23.1 Å². The predicted molar refractivity (Wildman–Crippen MR) is 206 cm³/mol. The molecule has 0 spiro atoms. The van der Waals surface area contributed by atoms with Gasteiger partial charge in [-0.2, -0.15) is 0 Å². The zero-order valence-corrected chi connectivity index (χ0v) is 34.9. The molecule has 1 aromatic heterocycles. The Hall–Kier alpha value is -1.77. The molecule has 0 aromatic carbocycles. The fourth-order valence-corrected chi connectivity index (χ4v) is 11.6. The van der Waals surface area contributed by atoms with Crippen molar-refractivity contribution in [2.24, 2.45) is 23.7 Å². The van der Waals surface area contributed by atoms with Crippen molar-refractivity contribution in [2.75, 3.05) is 41.5 Å². The minimum atomic E-state index is -0.574. The normalized spacial score (nSPS) is 37.0. The lowest BCUT2D eigenvalue weighted by atomic mass is 9.67. The van der Waals surface area contributed by atoms with Crippen molar-refractivity contribution in [3.8, 4) is 0 Å². The fourth-order valence-electron chi connectivity index (χ4n) is 10.4. The van der Waals surface area contributed by atoms with E-state index in [2.05, 4.69) is 45.7 Å². The van der Waals surface area contributed by atoms with Crippen LogP contribution in [0.2, 0.25) is 0 Å². The SMILES string of the molecule is CCCN(C)[C@H]1CC[C@H](O[C@H]2CCC[C@H](CC)OC(=O)C[C@@H]3C(=C[C@H]4[C@@H]5C[C@H](OC(OC)[C@H](COC)OC)C[C@H]5c5sc(C)nc5[C@H]43)C(=O)[C@@H]2C)OC1C. The Morgan fingerprint density at radius 3 is 2.52 bits per heavy atom. The molecule has 3 aliphatic carbocycles. The molecule has 6 rings (SSSR count). The highest BCUT2D eigenvalue weighted by Crippen LogP contribution is 2.62. The van der Waals surface area contributed by atoms with Gasteiger partial charge >= 0.3 is 5.97 Å². The lowest BCUT2D eigenvalue weighted by Crippen LogP contribution is -2.48. The maximum Gasteiger partial charge on any atom is 0.306 e. The number of ether oxygens (including phenoxy) is 7. The van der Waals surface area contributed by atoms with Gasteiger partial charge in [0, 0.05) is 55.9 Å². The lowest BCUT2D eigenvalue weighted by molar-refractivity contribution is -0.232. The van der Waals surface area contributed by atoms with E-state index in [9.17, 15) is 9.59 Å². The summed E-state index contributed by atoms with van der Waals surface area (Å²) in [6, 6.07) is 0.351. The summed E-state index contributed by atoms with van der Waals surface area (Å²) in [5.74, 6) is -0.429. The molecule has 0 amide bonds. The predicted octanol–water partition coefficient (Wildman–Crippen LogP) is 6.96. The molecule has 14 atom stereocenters. The average Bonchev–Trinajstić information content (AvgIpc) is 3.86. The summed E-state index contributed by atoms with van der Waals surface area (Å²) < 4.78 is 42.9. The van der Waals surface area contributed by atoms with Crippen LogP contribution in [0.5, 0.6) is 0 Å². The monoisotopic (exact) mass is 774 g/mol. The third-order valence-corrected chi connectivity index (χ3v) is 14.2. The highest BCUT2D eigenvalue weighted by atomic mass is 32.1. The topological polar surface area (TPSA) is 115 Å². The molecule has 0 bridgehead atoms. The standard InChI is InChI=1S/C42H66N2O9S/c1-10-17-44(6)33-15-16-37(50-24(33)4)53-34-14-12-13-26(11-2)51-36(45)21-30-31(40(46)23(34)3)20-29-28-18-27(52-42(49-9)35(48-8)22-47-7)19-32(28)41-39(38(29)30)43-25(5)54-41/h20,23-24,26-30,32-35,37-38,42H,10-19,21-22H2,1-9H3/t23-,24?,26+,27+,28+,29+,30-,32-,33+,34+,35+,37+,38-,42?/m1/s1. The first-order valence-corrected chi connectivity index (χ1v) is 21.5. The Morgan fingerprint density at radius 1 is 1.04 bits per heavy atom. The largest absolute Gasteiger partial charge is 0.462 e. The first-order chi connectivity index (χ1) is 26.0. The second kappa shape index (κ2) is 18.7. The van der Waals surface area contributed by atoms with Gasteiger partial charge in [-0.3, -0.25) is 9.59 Å². The van der Waals surface area contributed by atoms with Crippen LogP contribution in [0.25, 0.3) is 0 Å². The Bertz CT molecular complexity index is 1450. The number of fused-ring (bicyclic) bond motifs is 8. The van der Waals surface area contributed by atoms with E-state index < -0.39 is 12.2 Å². The quantitative estimate of drug-likeness (QED) is 0.153. The van der Waals surface area contributed by atoms with Gasteiger partial charge in [0.1, 0.15) is 12.2 Å². The maximum atomic E-state index is 14.9. The smallest absolute Gasteiger partial charge is 0.306 e. The number of likely N-dealkylation sites (N-methyl/N-ethyl adjacent to an activating group) is 1. The second-order valence-electron chi connectivity index (χ2n) is 16.5. The number of allylic oxidation sites excluding steroid dienone is 2. The molecule has 304 valence electrons. The van der Waals surface area contributed by atoms with Gasteiger partial charge in [-0.05, 0) is 103 Å². The number of esters is 1. The minimum Gasteiger partial charge on any atom is -0.462 e. The van der Waals surface area contributed by atoms with Crippen molar-refractivity contribution < 1.29 is 42.7 Å². The Morgan fingerprint density at radius 2 is 1.83 bits per heavy atom. The molecule has 3 fully saturated rings. The third-order valence-electron chi connectivity index (χ3n) is 13.1. The number of rotatable bonds is 13. The summed E-state index contributed by atoms with van der Waals surface area (Å²) >= 11 is 1.75. The van der Waals surface area contributed by atoms with E-state index in [1.165, 1.54) is 4.88 Å². The number of hydrogen-bond acceptors (Lipinski definition) is 12. The van der Waals surface area contributed by atoms with Gasteiger partial charge in [0.05, 0.1) is 42.0 Å². The molecule has 2 unspecified atom stereocenters. The van der Waals surface area contributed by atoms with Gasteiger partial charge in [-0.25, -0.2) is 4.98 Å². The highest BCUT2D eigenvalue weighted by Gasteiger charge is 2.56. The number of carbonyl (C=O) groups is 2. The first kappa shape index (κ1) is 41.9. The Kier molecular flexibility index (Phi) is 14.5. The van der Waals surface area contributed by atoms with Crippen LogP contribution in [0.15, 0.2) is 11.6 Å². The number of aromatic nitrogens is 1. The molecule has 3 heterocycles. The number of hydrogen-bond donors (Lipinski definition) is 0. The van der Waals surface area contributed by atoms with Crippen molar-refractivity contribution in [1.29, 1.82) is 0 Å². The number of cyclic esters (lactones) is 1. The molecule has 54 heavy (non-hydrogen) atoms. The average molecular weight is 775 g/mol. The van der Waals surface area contributed by atoms with E-state index in [0.717, 1.165) is 74.2 Å². The van der Waals surface area contributed by atoms with Crippen LogP contribution in [0.4, 0.5) is 0 Å². The molecule has 1 saturated carbocycles. The minimum absolute atomic E-state index is 0.0361. The van der Waals surface area contributed by atoms with Crippen molar-refractivity contribution in [3.05, 3.63) is 27.2 Å². The molecule has 12 heteroatoms. The van der Waals surface area contributed by atoms with E-state index in [0.29, 0.717) is 19.1 Å². The van der Waals surface area contributed by atoms with Crippen LogP contribution >= 0.6 is 11.3 Å². The summed E-state index contributed by atoms with van der Waals surface area (Å²) in [5, 5.41) is 1.01. The highest BCUT2D eigenvalue weighted by molar-refractivity contribution is 7.11. The molecule has 1 aromatic rings. The van der Waals surface area contributed by atoms with Crippen LogP contribution < -0.4 is 0 Å². The molecular weight excluding hydrogens is 709 g/mol. The van der Waals surface area contributed by atoms with Gasteiger partial charge < -0.3 is 38.1 Å². The van der Waals surface area contributed by atoms with Crippen LogP contribution in [-0.4, -0.2) is 112 Å². The van der Waals surface area contributed by atoms with E-state index in [-0.39, 0.29) is 84.6 Å². The second-order valence-corrected chi connectivity index (χ2v) is 17.8. The van der Waals surface area contributed by atoms with Gasteiger partial charge in [-0.1, -0.05) is 26.8 Å². The van der Waals surface area contributed by atoms with Crippen LogP contribution in [-0.2, 0) is 42.7 Å². The van der Waals surface area contributed by atoms with Crippen molar-refractivity contribution in [2.45, 2.75) is 160 Å². The summed E-state index contributed by atoms with van der Waals surface area (Å²) in [6.45, 7) is 11.9. The van der Waals surface area contributed by atoms with E-state index in [1.54, 1.807) is 32.7 Å². The summed E-state index contributed by atoms with van der Waals surface area (Å²) in [4.78, 5) is 37.5. The number of aryl methyl sites for hydroxylation is 1. The zero-order chi connectivity index (χ0) is 38.7. The summed E-state index contributed by atoms with van der Waals surface area (Å²) in [5.41, 5.74) is 1.79. The number of thiazole rings is 1. The number of methoxy groups -OCH3 is 3. The molecule has 0 N–H and O–H groups in total. The first-order valence-electron chi connectivity index (χ1n) is 20.6. The third kappa shape index (κ3) is 8.86. The Labute approximate surface area is 327 Å². The number of nitrogens with zero attached hydrogens (tertiary/aromatic N) is 2. The van der Waals surface area contributed by atoms with Crippen LogP contribution in [0.1, 0.15) is 119 Å². The van der Waals surface area contributed by atoms with Crippen molar-refractivity contribution in [3.63, 3.8) is 0 Å². The van der Waals surface area contributed by atoms with Gasteiger partial charge in [-0.15, -0.1) is 11.3 Å². The molecule has 5 aliphatic rings. The van der Waals surface area contributed by atoms with E-state index in [4.69, 9.17) is 38.1 Å². The number of ketones is 1. The molecule has 11 nitrogen and oxygen atoms in total. The van der Waals surface area contributed by atoms with Crippen molar-refractivity contribution in [1.82, 2.24) is 9.88 Å². The van der Waals surface area contributed by atoms with Crippen LogP contribution in [0, 0.1) is 30.6 Å². The fraction of sp³-hybridized carbons (Fsp3) is 0.833. The number of Topliss-reactive ketones (excluding diaryl/α,β-unsaturated/α-hetero) is 1. The van der Waals surface area contributed by atoms with Gasteiger partial charge in [0.25, 0.3) is 0 Å². The van der Waals surface area contributed by atoms with Gasteiger partial charge in [0.15, 0.2) is 18.4 Å². The maximum absolute atomic E-state index is 14.9. The molecule has 0 radical (unpaired) electrons. The van der Waals surface area contributed by atoms with E-state index in [1.807, 2.05) is 6.92 Å². The summed E-state index contributed by atoms with van der Waals surface area (Å²) in [6.07, 6.45) is 8.11. The summed E-state index contributed by atoms with van der Waals surface area (Å²) in [7, 11) is 7.10. The van der Waals surface area contributed by atoms with Gasteiger partial charge in [0.2, 0.25) is 0 Å². The molecule has 2 saturated heterocycles. The van der Waals surface area contributed by atoms with E-state index >= 15 is 0 Å². The van der Waals surface area contributed by atoms with Crippen LogP contribution in [0.3, 0.4) is 0 Å². The molecule has 2 aliphatic heterocycles. The lowest BCUT2D eigenvalue weighted by Gasteiger charge is -2.41. The number of carbonyl (C=O) groups excluding carboxylic acids is 2. The Balaban J connectivity index is 1.28. The molecular formula is C42H66N2O9S.